The minimum atomic E-state index is -0.393. The molecule has 15 heavy (non-hydrogen) atoms. The van der Waals surface area contributed by atoms with Crippen molar-refractivity contribution in [3.63, 3.8) is 0 Å². The highest BCUT2D eigenvalue weighted by atomic mass is 35.5. The van der Waals surface area contributed by atoms with Crippen LogP contribution in [0.15, 0.2) is 24.3 Å². The largest absolute Gasteiger partial charge is 1.00 e. The maximum Gasteiger partial charge on any atom is 0.366 e. The Morgan fingerprint density at radius 2 is 1.80 bits per heavy atom. The number of rotatable bonds is 2. The van der Waals surface area contributed by atoms with Crippen LogP contribution >= 0.6 is 0 Å². The van der Waals surface area contributed by atoms with Crippen LogP contribution in [0, 0.1) is 0 Å². The second-order valence-corrected chi connectivity index (χ2v) is 2.64. The van der Waals surface area contributed by atoms with Gasteiger partial charge in [-0.25, -0.2) is 10.2 Å². The molecule has 0 spiro atoms. The molecule has 0 unspecified atom stereocenters. The zero-order valence-corrected chi connectivity index (χ0v) is 9.25. The predicted molar refractivity (Wildman–Crippen MR) is 50.8 cm³/mol. The molecule has 0 aliphatic carbocycles. The smallest absolute Gasteiger partial charge is 0.366 e. The van der Waals surface area contributed by atoms with E-state index in [0.29, 0.717) is 11.1 Å². The molecular formula is C10H12ClNO3. The lowest BCUT2D eigenvalue weighted by atomic mass is 10.1. The van der Waals surface area contributed by atoms with E-state index in [2.05, 4.69) is 4.74 Å². The predicted octanol–water partition coefficient (Wildman–Crippen LogP) is -3.37. The van der Waals surface area contributed by atoms with Crippen molar-refractivity contribution in [2.45, 2.75) is 0 Å². The maximum absolute atomic E-state index is 11.2. The molecule has 0 amide bonds. The van der Waals surface area contributed by atoms with Gasteiger partial charge in [-0.3, -0.25) is 0 Å². The van der Waals surface area contributed by atoms with Gasteiger partial charge in [-0.2, -0.15) is 0 Å². The number of halogens is 1. The lowest BCUT2D eigenvalue weighted by Gasteiger charge is -2.00. The van der Waals surface area contributed by atoms with Crippen molar-refractivity contribution < 1.29 is 32.1 Å². The first-order chi connectivity index (χ1) is 6.69. The van der Waals surface area contributed by atoms with E-state index in [1.165, 1.54) is 14.2 Å². The average molecular weight is 230 g/mol. The highest BCUT2D eigenvalue weighted by molar-refractivity contribution is 5.95. The Morgan fingerprint density at radius 3 is 2.33 bits per heavy atom. The summed E-state index contributed by atoms with van der Waals surface area (Å²) in [5.74, 6) is -0.119. The Morgan fingerprint density at radius 1 is 1.20 bits per heavy atom. The minimum absolute atomic E-state index is 0. The van der Waals surface area contributed by atoms with Gasteiger partial charge in [0.2, 0.25) is 0 Å². The first kappa shape index (κ1) is 13.4. The Kier molecular flexibility index (Phi) is 5.41. The van der Waals surface area contributed by atoms with Crippen LogP contribution in [0.5, 0.6) is 0 Å². The number of nitrogens with two attached hydrogens (primary N) is 1. The molecule has 2 N–H and O–H groups in total. The van der Waals surface area contributed by atoms with E-state index in [9.17, 15) is 4.79 Å². The van der Waals surface area contributed by atoms with Gasteiger partial charge in [0, 0.05) is 0 Å². The van der Waals surface area contributed by atoms with Crippen LogP contribution in [0.4, 0.5) is 0 Å². The van der Waals surface area contributed by atoms with Crippen molar-refractivity contribution in [3.05, 3.63) is 35.4 Å². The van der Waals surface area contributed by atoms with Gasteiger partial charge in [0.05, 0.1) is 25.3 Å². The number of carbonyl (C=O) groups is 1. The molecule has 0 bridgehead atoms. The lowest BCUT2D eigenvalue weighted by molar-refractivity contribution is -0.135. The molecule has 4 nitrogen and oxygen atoms in total. The molecule has 0 heterocycles. The molecule has 1 rings (SSSR count). The number of carbonyl (C=O) groups excluding carboxylic acids is 1. The second kappa shape index (κ2) is 6.03. The Bertz CT molecular complexity index is 334. The third-order valence-corrected chi connectivity index (χ3v) is 1.79. The SMILES string of the molecule is COC(=[NH2+])c1cccc(C(=O)OC)c1.[Cl-]. The summed E-state index contributed by atoms with van der Waals surface area (Å²) < 4.78 is 9.42. The van der Waals surface area contributed by atoms with E-state index in [-0.39, 0.29) is 18.3 Å². The minimum Gasteiger partial charge on any atom is -1.00 e. The van der Waals surface area contributed by atoms with Crippen molar-refractivity contribution in [2.75, 3.05) is 14.2 Å². The van der Waals surface area contributed by atoms with Crippen molar-refractivity contribution in [2.24, 2.45) is 0 Å². The molecule has 0 saturated carbocycles. The van der Waals surface area contributed by atoms with Gasteiger partial charge in [-0.15, -0.1) is 0 Å². The Labute approximate surface area is 94.1 Å². The van der Waals surface area contributed by atoms with Gasteiger partial charge >= 0.3 is 11.9 Å². The molecule has 0 fully saturated rings. The fraction of sp³-hybridized carbons (Fsp3) is 0.200. The van der Waals surface area contributed by atoms with Gasteiger partial charge in [0.15, 0.2) is 0 Å². The summed E-state index contributed by atoms with van der Waals surface area (Å²) in [6, 6.07) is 6.74. The van der Waals surface area contributed by atoms with E-state index in [0.717, 1.165) is 0 Å². The molecule has 0 saturated heterocycles. The van der Waals surface area contributed by atoms with Crippen molar-refractivity contribution >= 4 is 11.9 Å². The zero-order chi connectivity index (χ0) is 10.6. The summed E-state index contributed by atoms with van der Waals surface area (Å²) in [4.78, 5) is 11.2. The summed E-state index contributed by atoms with van der Waals surface area (Å²) in [6.07, 6.45) is 0. The molecule has 82 valence electrons. The summed E-state index contributed by atoms with van der Waals surface area (Å²) in [6.45, 7) is 0. The molecule has 1 aromatic rings. The van der Waals surface area contributed by atoms with Crippen LogP contribution in [0.3, 0.4) is 0 Å². The van der Waals surface area contributed by atoms with Crippen molar-refractivity contribution in [1.82, 2.24) is 0 Å². The standard InChI is InChI=1S/C10H11NO3.ClH/c1-13-9(11)7-4-3-5-8(6-7)10(12)14-2;/h3-6,11H,1-2H3;1H. The van der Waals surface area contributed by atoms with Gasteiger partial charge < -0.3 is 21.9 Å². The fourth-order valence-electron chi connectivity index (χ4n) is 1.04. The van der Waals surface area contributed by atoms with E-state index >= 15 is 0 Å². The molecule has 0 aliphatic rings. The van der Waals surface area contributed by atoms with Crippen molar-refractivity contribution in [3.8, 4) is 0 Å². The molecule has 0 atom stereocenters. The third-order valence-electron chi connectivity index (χ3n) is 1.79. The van der Waals surface area contributed by atoms with Gasteiger partial charge in [-0.05, 0) is 18.2 Å². The number of esters is 1. The molecule has 1 aromatic carbocycles. The lowest BCUT2D eigenvalue weighted by Crippen LogP contribution is -3.00. The zero-order valence-electron chi connectivity index (χ0n) is 8.49. The van der Waals surface area contributed by atoms with Gasteiger partial charge in [-0.1, -0.05) is 6.07 Å². The average Bonchev–Trinajstić information content (AvgIpc) is 2.27. The first-order valence-corrected chi connectivity index (χ1v) is 4.04. The summed E-state index contributed by atoms with van der Waals surface area (Å²) in [5, 5.41) is 5.55. The maximum atomic E-state index is 11.2. The molecular weight excluding hydrogens is 218 g/mol. The van der Waals surface area contributed by atoms with Crippen LogP contribution in [0.2, 0.25) is 0 Å². The van der Waals surface area contributed by atoms with Crippen LogP contribution in [0.25, 0.3) is 0 Å². The molecule has 0 aliphatic heterocycles. The number of ether oxygens (including phenoxy) is 2. The van der Waals surface area contributed by atoms with Crippen molar-refractivity contribution in [1.29, 1.82) is 0 Å². The first-order valence-electron chi connectivity index (χ1n) is 4.04. The van der Waals surface area contributed by atoms with Crippen LogP contribution < -0.4 is 17.8 Å². The summed E-state index contributed by atoms with van der Waals surface area (Å²) in [7, 11) is 2.80. The number of benzene rings is 1. The van der Waals surface area contributed by atoms with E-state index in [1.807, 2.05) is 0 Å². The molecule has 0 aromatic heterocycles. The van der Waals surface area contributed by atoms with E-state index in [4.69, 9.17) is 10.1 Å². The molecule has 0 radical (unpaired) electrons. The van der Waals surface area contributed by atoms with E-state index < -0.39 is 5.97 Å². The van der Waals surface area contributed by atoms with E-state index in [1.54, 1.807) is 24.3 Å². The highest BCUT2D eigenvalue weighted by Crippen LogP contribution is 2.06. The summed E-state index contributed by atoms with van der Waals surface area (Å²) in [5.41, 5.74) is 1.11. The van der Waals surface area contributed by atoms with Gasteiger partial charge in [0.25, 0.3) is 0 Å². The molecule has 5 heteroatoms. The topological polar surface area (TPSA) is 61.1 Å². The quantitative estimate of drug-likeness (QED) is 0.327. The normalized spacial score (nSPS) is 8.67. The number of hydrogen-bond donors (Lipinski definition) is 1. The number of methoxy groups -OCH3 is 2. The Hall–Kier alpha value is -1.55. The van der Waals surface area contributed by atoms with Gasteiger partial charge in [0.1, 0.15) is 0 Å². The van der Waals surface area contributed by atoms with Crippen LogP contribution in [-0.4, -0.2) is 26.1 Å². The highest BCUT2D eigenvalue weighted by Gasteiger charge is 2.10. The Balaban J connectivity index is 0.00000196. The summed E-state index contributed by atoms with van der Waals surface area (Å²) >= 11 is 0. The van der Waals surface area contributed by atoms with Crippen LogP contribution in [0.1, 0.15) is 15.9 Å². The number of hydrogen-bond acceptors (Lipinski definition) is 3. The third kappa shape index (κ3) is 3.25. The van der Waals surface area contributed by atoms with Crippen LogP contribution in [-0.2, 0) is 9.47 Å². The second-order valence-electron chi connectivity index (χ2n) is 2.64. The monoisotopic (exact) mass is 229 g/mol. The fourth-order valence-corrected chi connectivity index (χ4v) is 1.04.